The number of nitrogens with zero attached hydrogens (tertiary/aromatic N) is 3. The number of hydrogen-bond donors (Lipinski definition) is 0. The van der Waals surface area contributed by atoms with Gasteiger partial charge < -0.3 is 38.2 Å². The molecule has 280 valence electrons. The van der Waals surface area contributed by atoms with E-state index in [1.54, 1.807) is 39.8 Å². The minimum atomic E-state index is 0.572. The molecule has 5 aromatic rings. The normalized spacial score (nSPS) is 13.7. The molecular weight excluding hydrogens is 687 g/mol. The second-order valence-corrected chi connectivity index (χ2v) is 14.0. The number of aromatic nitrogens is 1. The maximum Gasteiger partial charge on any atom is 0.203 e. The van der Waals surface area contributed by atoms with Crippen LogP contribution in [0.15, 0.2) is 78.9 Å². The number of para-hydroxylation sites is 1. The van der Waals surface area contributed by atoms with E-state index >= 15 is 0 Å². The Labute approximate surface area is 317 Å². The number of unbranched alkanes of at least 4 members (excludes halogenated alkanes) is 2. The molecule has 53 heavy (non-hydrogen) atoms. The summed E-state index contributed by atoms with van der Waals surface area (Å²) in [5.41, 5.74) is 4.10. The summed E-state index contributed by atoms with van der Waals surface area (Å²) in [7, 11) is 6.51. The average molecular weight is 738 g/mol. The topological polar surface area (TPSA) is 74.8 Å². The van der Waals surface area contributed by atoms with E-state index in [9.17, 15) is 0 Å². The van der Waals surface area contributed by atoms with Crippen LogP contribution in [0.25, 0.3) is 32.9 Å². The van der Waals surface area contributed by atoms with E-state index in [-0.39, 0.29) is 0 Å². The van der Waals surface area contributed by atoms with Crippen molar-refractivity contribution in [1.82, 2.24) is 14.8 Å². The molecule has 0 unspecified atom stereocenters. The zero-order chi connectivity index (χ0) is 36.8. The molecule has 1 saturated heterocycles. The standard InChI is InChI=1S/C43H51N3O6S/c1-47-37-19-18-32(16-17-33-29-39(48-2)42(50-4)40(30-33)49-3)28-38(37)52-27-10-8-21-46-24-22-45(23-25-46)20-7-9-26-51-35-13-11-12-34(31-35)43-44-36-14-5-6-15-41(36)53-43/h5-6,11-19,28-31H,7-10,20-27H2,1-4H3/b17-16-. The fourth-order valence-electron chi connectivity index (χ4n) is 6.50. The molecule has 0 aliphatic carbocycles. The van der Waals surface area contributed by atoms with Gasteiger partial charge >= 0.3 is 0 Å². The molecule has 1 aromatic heterocycles. The van der Waals surface area contributed by atoms with Crippen LogP contribution in [0.1, 0.15) is 36.8 Å². The summed E-state index contributed by atoms with van der Waals surface area (Å²) >= 11 is 1.72. The predicted molar refractivity (Wildman–Crippen MR) is 215 cm³/mol. The highest BCUT2D eigenvalue weighted by Gasteiger charge is 2.16. The molecular formula is C43H51N3O6S. The van der Waals surface area contributed by atoms with Gasteiger partial charge in [-0.2, -0.15) is 0 Å². The first-order chi connectivity index (χ1) is 26.1. The number of ether oxygens (including phenoxy) is 6. The van der Waals surface area contributed by atoms with Gasteiger partial charge in [-0.25, -0.2) is 4.98 Å². The van der Waals surface area contributed by atoms with Gasteiger partial charge in [0.2, 0.25) is 5.75 Å². The minimum Gasteiger partial charge on any atom is -0.494 e. The van der Waals surface area contributed by atoms with Crippen molar-refractivity contribution in [3.8, 4) is 45.1 Å². The van der Waals surface area contributed by atoms with Gasteiger partial charge in [0.1, 0.15) is 10.8 Å². The monoisotopic (exact) mass is 737 g/mol. The van der Waals surface area contributed by atoms with E-state index in [0.29, 0.717) is 23.9 Å². The molecule has 0 amide bonds. The first-order valence-electron chi connectivity index (χ1n) is 18.4. The van der Waals surface area contributed by atoms with Crippen LogP contribution in [0.5, 0.6) is 34.5 Å². The van der Waals surface area contributed by atoms with Crippen LogP contribution >= 0.6 is 11.3 Å². The minimum absolute atomic E-state index is 0.572. The van der Waals surface area contributed by atoms with Crippen molar-refractivity contribution in [2.75, 3.05) is 80.9 Å². The maximum absolute atomic E-state index is 6.21. The number of rotatable bonds is 19. The molecule has 1 aliphatic heterocycles. The number of methoxy groups -OCH3 is 4. The molecule has 1 fully saturated rings. The molecule has 0 radical (unpaired) electrons. The van der Waals surface area contributed by atoms with Gasteiger partial charge in [0, 0.05) is 31.7 Å². The van der Waals surface area contributed by atoms with Crippen molar-refractivity contribution >= 4 is 33.7 Å². The third-order valence-corrected chi connectivity index (χ3v) is 10.5. The smallest absolute Gasteiger partial charge is 0.203 e. The van der Waals surface area contributed by atoms with Gasteiger partial charge in [0.15, 0.2) is 23.0 Å². The summed E-state index contributed by atoms with van der Waals surface area (Å²) in [5.74, 6) is 4.19. The maximum atomic E-state index is 6.21. The lowest BCUT2D eigenvalue weighted by atomic mass is 10.1. The predicted octanol–water partition coefficient (Wildman–Crippen LogP) is 8.80. The molecule has 10 heteroatoms. The Balaban J connectivity index is 0.860. The summed E-state index contributed by atoms with van der Waals surface area (Å²) in [6.45, 7) is 8.06. The fraction of sp³-hybridized carbons (Fsp3) is 0.372. The van der Waals surface area contributed by atoms with Crippen molar-refractivity contribution in [3.63, 3.8) is 0 Å². The average Bonchev–Trinajstić information content (AvgIpc) is 3.65. The van der Waals surface area contributed by atoms with Gasteiger partial charge in [0.05, 0.1) is 51.9 Å². The molecule has 2 heterocycles. The first kappa shape index (κ1) is 38.0. The lowest BCUT2D eigenvalue weighted by molar-refractivity contribution is 0.126. The van der Waals surface area contributed by atoms with Crippen molar-refractivity contribution in [3.05, 3.63) is 90.0 Å². The Morgan fingerprint density at radius 1 is 0.604 bits per heavy atom. The van der Waals surface area contributed by atoms with Gasteiger partial charge in [-0.05, 0) is 98.4 Å². The summed E-state index contributed by atoms with van der Waals surface area (Å²) < 4.78 is 35.6. The molecule has 0 atom stereocenters. The van der Waals surface area contributed by atoms with Crippen molar-refractivity contribution < 1.29 is 28.4 Å². The Morgan fingerprint density at radius 3 is 1.91 bits per heavy atom. The summed E-state index contributed by atoms with van der Waals surface area (Å²) in [5, 5.41) is 1.03. The van der Waals surface area contributed by atoms with E-state index in [1.165, 1.54) is 4.70 Å². The SMILES string of the molecule is COc1ccc(/C=C\c2cc(OC)c(OC)c(OC)c2)cc1OCCCCN1CCN(CCCCOc2cccc(-c3nc4ccccc4s3)c2)CC1. The molecule has 9 nitrogen and oxygen atoms in total. The van der Waals surface area contributed by atoms with Crippen LogP contribution in [0.2, 0.25) is 0 Å². The van der Waals surface area contributed by atoms with Gasteiger partial charge in [-0.15, -0.1) is 11.3 Å². The van der Waals surface area contributed by atoms with Crippen molar-refractivity contribution in [2.24, 2.45) is 0 Å². The van der Waals surface area contributed by atoms with E-state index < -0.39 is 0 Å². The third kappa shape index (κ3) is 10.4. The Hall–Kier alpha value is -4.77. The Kier molecular flexibility index (Phi) is 13.9. The van der Waals surface area contributed by atoms with Crippen LogP contribution < -0.4 is 28.4 Å². The van der Waals surface area contributed by atoms with Crippen LogP contribution in [-0.4, -0.2) is 95.7 Å². The quantitative estimate of drug-likeness (QED) is 0.0611. The second-order valence-electron chi connectivity index (χ2n) is 13.0. The highest BCUT2D eigenvalue weighted by atomic mass is 32.1. The lowest BCUT2D eigenvalue weighted by Gasteiger charge is -2.34. The van der Waals surface area contributed by atoms with Gasteiger partial charge in [-0.3, -0.25) is 0 Å². The summed E-state index contributed by atoms with van der Waals surface area (Å²) in [6, 6.07) is 26.4. The van der Waals surface area contributed by atoms with Crippen LogP contribution in [0, 0.1) is 0 Å². The zero-order valence-corrected chi connectivity index (χ0v) is 32.2. The van der Waals surface area contributed by atoms with E-state index in [2.05, 4.69) is 46.2 Å². The Morgan fingerprint density at radius 2 is 1.25 bits per heavy atom. The first-order valence-corrected chi connectivity index (χ1v) is 19.2. The largest absolute Gasteiger partial charge is 0.494 e. The van der Waals surface area contributed by atoms with E-state index in [0.717, 1.165) is 116 Å². The number of thiazole rings is 1. The molecule has 0 bridgehead atoms. The molecule has 0 N–H and O–H groups in total. The highest BCUT2D eigenvalue weighted by Crippen LogP contribution is 2.39. The number of fused-ring (bicyclic) bond motifs is 1. The molecule has 0 saturated carbocycles. The number of benzene rings is 4. The van der Waals surface area contributed by atoms with Gasteiger partial charge in [-0.1, -0.05) is 42.5 Å². The highest BCUT2D eigenvalue weighted by molar-refractivity contribution is 7.21. The molecule has 1 aliphatic rings. The molecule has 0 spiro atoms. The zero-order valence-electron chi connectivity index (χ0n) is 31.3. The molecule has 6 rings (SSSR count). The third-order valence-electron chi connectivity index (χ3n) is 9.45. The van der Waals surface area contributed by atoms with Gasteiger partial charge in [0.25, 0.3) is 0 Å². The van der Waals surface area contributed by atoms with E-state index in [4.69, 9.17) is 33.4 Å². The Bertz CT molecular complexity index is 1880. The lowest BCUT2D eigenvalue weighted by Crippen LogP contribution is -2.46. The summed E-state index contributed by atoms with van der Waals surface area (Å²) in [6.07, 6.45) is 8.31. The number of piperazine rings is 1. The fourth-order valence-corrected chi connectivity index (χ4v) is 7.46. The van der Waals surface area contributed by atoms with Crippen LogP contribution in [0.4, 0.5) is 0 Å². The van der Waals surface area contributed by atoms with Crippen molar-refractivity contribution in [1.29, 1.82) is 0 Å². The molecule has 4 aromatic carbocycles. The van der Waals surface area contributed by atoms with Crippen LogP contribution in [-0.2, 0) is 0 Å². The van der Waals surface area contributed by atoms with Crippen molar-refractivity contribution in [2.45, 2.75) is 25.7 Å². The number of hydrogen-bond acceptors (Lipinski definition) is 10. The second kappa shape index (κ2) is 19.3. The van der Waals surface area contributed by atoms with E-state index in [1.807, 2.05) is 54.6 Å². The summed E-state index contributed by atoms with van der Waals surface area (Å²) in [4.78, 5) is 9.96. The van der Waals surface area contributed by atoms with Crippen LogP contribution in [0.3, 0.4) is 0 Å².